The molecule has 0 fully saturated rings. The maximum atomic E-state index is 10.4. The minimum absolute atomic E-state index is 0.0370. The standard InChI is InChI=1S/C9H5BrN2O3S/c10-6-2-1-3-7(4-6)15-9-11-5-8(16-9)12(13)14/h1-5H. The van der Waals surface area contributed by atoms with E-state index >= 15 is 0 Å². The molecule has 0 radical (unpaired) electrons. The summed E-state index contributed by atoms with van der Waals surface area (Å²) in [4.78, 5) is 13.7. The largest absolute Gasteiger partial charge is 0.431 e. The first-order valence-electron chi connectivity index (χ1n) is 4.19. The summed E-state index contributed by atoms with van der Waals surface area (Å²) in [5.41, 5.74) is 0. The summed E-state index contributed by atoms with van der Waals surface area (Å²) in [6, 6.07) is 7.17. The first kappa shape index (κ1) is 11.0. The van der Waals surface area contributed by atoms with E-state index in [1.165, 1.54) is 6.20 Å². The van der Waals surface area contributed by atoms with Crippen molar-refractivity contribution in [3.8, 4) is 10.9 Å². The van der Waals surface area contributed by atoms with E-state index in [1.807, 2.05) is 6.07 Å². The molecule has 0 spiro atoms. The third kappa shape index (κ3) is 2.56. The lowest BCUT2D eigenvalue weighted by molar-refractivity contribution is -0.380. The molecule has 82 valence electrons. The Morgan fingerprint density at radius 2 is 2.31 bits per heavy atom. The molecule has 0 amide bonds. The number of nitro groups is 1. The van der Waals surface area contributed by atoms with E-state index in [2.05, 4.69) is 20.9 Å². The molecular formula is C9H5BrN2O3S. The van der Waals surface area contributed by atoms with Crippen LogP contribution < -0.4 is 4.74 Å². The minimum atomic E-state index is -0.495. The second kappa shape index (κ2) is 4.58. The predicted molar refractivity (Wildman–Crippen MR) is 63.0 cm³/mol. The molecule has 1 heterocycles. The highest BCUT2D eigenvalue weighted by atomic mass is 79.9. The summed E-state index contributed by atoms with van der Waals surface area (Å²) in [5, 5.41) is 10.7. The minimum Gasteiger partial charge on any atom is -0.431 e. The van der Waals surface area contributed by atoms with Crippen molar-refractivity contribution >= 4 is 32.3 Å². The van der Waals surface area contributed by atoms with Crippen molar-refractivity contribution in [2.75, 3.05) is 0 Å². The van der Waals surface area contributed by atoms with Crippen LogP contribution in [0.1, 0.15) is 0 Å². The fourth-order valence-electron chi connectivity index (χ4n) is 1.01. The highest BCUT2D eigenvalue weighted by Gasteiger charge is 2.12. The van der Waals surface area contributed by atoms with E-state index in [0.29, 0.717) is 5.75 Å². The Kier molecular flexibility index (Phi) is 3.16. The van der Waals surface area contributed by atoms with Crippen LogP contribution in [-0.4, -0.2) is 9.91 Å². The molecule has 2 rings (SSSR count). The summed E-state index contributed by atoms with van der Waals surface area (Å²) < 4.78 is 6.23. The molecule has 16 heavy (non-hydrogen) atoms. The third-order valence-corrected chi connectivity index (χ3v) is 2.97. The van der Waals surface area contributed by atoms with E-state index in [1.54, 1.807) is 18.2 Å². The zero-order valence-corrected chi connectivity index (χ0v) is 10.2. The lowest BCUT2D eigenvalue weighted by Crippen LogP contribution is -1.81. The zero-order valence-electron chi connectivity index (χ0n) is 7.79. The van der Waals surface area contributed by atoms with Gasteiger partial charge in [-0.2, -0.15) is 0 Å². The van der Waals surface area contributed by atoms with Gasteiger partial charge in [-0.25, -0.2) is 4.98 Å². The smallest absolute Gasteiger partial charge is 0.347 e. The molecule has 0 saturated carbocycles. The molecule has 0 aliphatic carbocycles. The van der Waals surface area contributed by atoms with E-state index < -0.39 is 4.92 Å². The number of hydrogen-bond donors (Lipinski definition) is 0. The average molecular weight is 301 g/mol. The Hall–Kier alpha value is -1.47. The van der Waals surface area contributed by atoms with Crippen LogP contribution in [0.15, 0.2) is 34.9 Å². The fourth-order valence-corrected chi connectivity index (χ4v) is 1.99. The monoisotopic (exact) mass is 300 g/mol. The van der Waals surface area contributed by atoms with Crippen molar-refractivity contribution in [3.05, 3.63) is 45.0 Å². The Morgan fingerprint density at radius 1 is 1.50 bits per heavy atom. The molecular weight excluding hydrogens is 296 g/mol. The van der Waals surface area contributed by atoms with E-state index in [4.69, 9.17) is 4.74 Å². The van der Waals surface area contributed by atoms with Crippen LogP contribution in [0.2, 0.25) is 0 Å². The van der Waals surface area contributed by atoms with Crippen LogP contribution in [0.3, 0.4) is 0 Å². The van der Waals surface area contributed by atoms with Gasteiger partial charge in [0, 0.05) is 4.47 Å². The van der Waals surface area contributed by atoms with Crippen LogP contribution in [0, 0.1) is 10.1 Å². The normalized spacial score (nSPS) is 10.1. The fraction of sp³-hybridized carbons (Fsp3) is 0. The number of hydrogen-bond acceptors (Lipinski definition) is 5. The first-order chi connectivity index (χ1) is 7.65. The Balaban J connectivity index is 2.17. The number of rotatable bonds is 3. The van der Waals surface area contributed by atoms with Gasteiger partial charge in [-0.1, -0.05) is 22.0 Å². The maximum Gasteiger partial charge on any atom is 0.347 e. The number of ether oxygens (including phenoxy) is 1. The molecule has 0 bridgehead atoms. The van der Waals surface area contributed by atoms with Crippen molar-refractivity contribution in [3.63, 3.8) is 0 Å². The van der Waals surface area contributed by atoms with Gasteiger partial charge in [0.05, 0.1) is 4.92 Å². The van der Waals surface area contributed by atoms with Gasteiger partial charge in [-0.15, -0.1) is 0 Å². The third-order valence-electron chi connectivity index (χ3n) is 1.65. The lowest BCUT2D eigenvalue weighted by Gasteiger charge is -2.00. The van der Waals surface area contributed by atoms with Crippen LogP contribution >= 0.6 is 27.3 Å². The molecule has 1 aromatic heterocycles. The summed E-state index contributed by atoms with van der Waals surface area (Å²) in [7, 11) is 0. The molecule has 0 aliphatic rings. The summed E-state index contributed by atoms with van der Waals surface area (Å²) in [6.07, 6.45) is 1.18. The second-order valence-electron chi connectivity index (χ2n) is 2.78. The molecule has 7 heteroatoms. The highest BCUT2D eigenvalue weighted by Crippen LogP contribution is 2.31. The molecule has 0 aliphatic heterocycles. The molecule has 0 atom stereocenters. The van der Waals surface area contributed by atoms with Crippen molar-refractivity contribution < 1.29 is 9.66 Å². The van der Waals surface area contributed by atoms with Gasteiger partial charge in [0.25, 0.3) is 5.19 Å². The van der Waals surface area contributed by atoms with Crippen molar-refractivity contribution in [2.45, 2.75) is 0 Å². The van der Waals surface area contributed by atoms with Gasteiger partial charge in [0.1, 0.15) is 11.9 Å². The topological polar surface area (TPSA) is 65.3 Å². The van der Waals surface area contributed by atoms with Crippen molar-refractivity contribution in [1.82, 2.24) is 4.98 Å². The van der Waals surface area contributed by atoms with Gasteiger partial charge >= 0.3 is 5.00 Å². The van der Waals surface area contributed by atoms with E-state index in [0.717, 1.165) is 15.8 Å². The van der Waals surface area contributed by atoms with Crippen molar-refractivity contribution in [1.29, 1.82) is 0 Å². The maximum absolute atomic E-state index is 10.4. The molecule has 2 aromatic rings. The first-order valence-corrected chi connectivity index (χ1v) is 5.80. The Bertz CT molecular complexity index is 529. The van der Waals surface area contributed by atoms with E-state index in [9.17, 15) is 10.1 Å². The number of aromatic nitrogens is 1. The molecule has 0 saturated heterocycles. The van der Waals surface area contributed by atoms with Crippen LogP contribution in [0.25, 0.3) is 0 Å². The summed E-state index contributed by atoms with van der Waals surface area (Å²) in [5.74, 6) is 0.582. The van der Waals surface area contributed by atoms with Gasteiger partial charge in [0.2, 0.25) is 0 Å². The highest BCUT2D eigenvalue weighted by molar-refractivity contribution is 9.10. The Morgan fingerprint density at radius 3 is 2.94 bits per heavy atom. The summed E-state index contributed by atoms with van der Waals surface area (Å²) >= 11 is 4.19. The quantitative estimate of drug-likeness (QED) is 0.641. The van der Waals surface area contributed by atoms with E-state index in [-0.39, 0.29) is 10.2 Å². The second-order valence-corrected chi connectivity index (χ2v) is 4.67. The summed E-state index contributed by atoms with van der Waals surface area (Å²) in [6.45, 7) is 0. The van der Waals surface area contributed by atoms with Gasteiger partial charge < -0.3 is 4.74 Å². The number of thiazole rings is 1. The van der Waals surface area contributed by atoms with Crippen LogP contribution in [-0.2, 0) is 0 Å². The lowest BCUT2D eigenvalue weighted by atomic mass is 10.3. The molecule has 1 aromatic carbocycles. The zero-order chi connectivity index (χ0) is 11.5. The number of halogens is 1. The van der Waals surface area contributed by atoms with Gasteiger partial charge in [-0.05, 0) is 29.5 Å². The average Bonchev–Trinajstić information content (AvgIpc) is 2.66. The van der Waals surface area contributed by atoms with Gasteiger partial charge in [-0.3, -0.25) is 10.1 Å². The van der Waals surface area contributed by atoms with Crippen molar-refractivity contribution in [2.24, 2.45) is 0 Å². The molecule has 0 unspecified atom stereocenters. The molecule has 5 nitrogen and oxygen atoms in total. The van der Waals surface area contributed by atoms with Crippen LogP contribution in [0.4, 0.5) is 5.00 Å². The SMILES string of the molecule is O=[N+]([O-])c1cnc(Oc2cccc(Br)c2)s1. The van der Waals surface area contributed by atoms with Crippen LogP contribution in [0.5, 0.6) is 10.9 Å². The number of benzene rings is 1. The predicted octanol–water partition coefficient (Wildman–Crippen LogP) is 3.61. The number of nitrogens with zero attached hydrogens (tertiary/aromatic N) is 2. The van der Waals surface area contributed by atoms with Gasteiger partial charge in [0.15, 0.2) is 0 Å². The Labute approximate surface area is 103 Å². The molecule has 0 N–H and O–H groups in total.